The second kappa shape index (κ2) is 9.64. The van der Waals surface area contributed by atoms with Gasteiger partial charge in [-0.3, -0.25) is 4.79 Å². The number of carboxylic acid groups (broad SMARTS) is 1. The number of carbonyl (C=O) groups is 2. The molecule has 0 fully saturated rings. The van der Waals surface area contributed by atoms with E-state index in [4.69, 9.17) is 5.11 Å². The van der Waals surface area contributed by atoms with E-state index in [1.807, 2.05) is 0 Å². The van der Waals surface area contributed by atoms with Gasteiger partial charge in [0, 0.05) is 19.5 Å². The van der Waals surface area contributed by atoms with Crippen molar-refractivity contribution in [1.82, 2.24) is 10.6 Å². The number of carboxylic acids is 1. The van der Waals surface area contributed by atoms with Gasteiger partial charge in [-0.15, -0.1) is 0 Å². The Balaban J connectivity index is 4.02. The number of hydrogen-bond acceptors (Lipinski definition) is 2. The predicted octanol–water partition coefficient (Wildman–Crippen LogP) is 3.25. The average molecular weight is 300 g/mol. The van der Waals surface area contributed by atoms with Crippen LogP contribution in [0.5, 0.6) is 0 Å². The van der Waals surface area contributed by atoms with Crippen molar-refractivity contribution < 1.29 is 14.7 Å². The van der Waals surface area contributed by atoms with Crippen molar-refractivity contribution in [2.24, 2.45) is 17.3 Å². The van der Waals surface area contributed by atoms with E-state index < -0.39 is 5.97 Å². The molecular weight excluding hydrogens is 268 g/mol. The number of aliphatic carboxylic acids is 1. The molecule has 0 saturated heterocycles. The fourth-order valence-electron chi connectivity index (χ4n) is 2.20. The van der Waals surface area contributed by atoms with Gasteiger partial charge in [0.15, 0.2) is 0 Å². The summed E-state index contributed by atoms with van der Waals surface area (Å²) in [5.74, 6) is 0.0970. The van der Waals surface area contributed by atoms with Gasteiger partial charge in [-0.1, -0.05) is 34.6 Å². The molecule has 0 aliphatic carbocycles. The second-order valence-electron chi connectivity index (χ2n) is 7.15. The lowest BCUT2D eigenvalue weighted by Crippen LogP contribution is -2.38. The molecule has 0 rings (SSSR count). The number of urea groups is 1. The predicted molar refractivity (Wildman–Crippen MR) is 85.3 cm³/mol. The first-order chi connectivity index (χ1) is 9.62. The lowest BCUT2D eigenvalue weighted by Gasteiger charge is -2.30. The minimum atomic E-state index is -0.761. The third-order valence-corrected chi connectivity index (χ3v) is 3.72. The zero-order valence-electron chi connectivity index (χ0n) is 14.2. The van der Waals surface area contributed by atoms with E-state index in [1.54, 1.807) is 0 Å². The summed E-state index contributed by atoms with van der Waals surface area (Å²) in [4.78, 5) is 22.3. The maximum Gasteiger partial charge on any atom is 0.314 e. The van der Waals surface area contributed by atoms with E-state index in [9.17, 15) is 9.59 Å². The molecule has 3 N–H and O–H groups in total. The molecule has 124 valence electrons. The molecular formula is C16H32N2O3. The van der Waals surface area contributed by atoms with Crippen LogP contribution < -0.4 is 10.6 Å². The highest BCUT2D eigenvalue weighted by Gasteiger charge is 2.24. The van der Waals surface area contributed by atoms with Crippen molar-refractivity contribution in [2.45, 2.75) is 60.3 Å². The second-order valence-corrected chi connectivity index (χ2v) is 7.15. The third kappa shape index (κ3) is 11.1. The van der Waals surface area contributed by atoms with Crippen LogP contribution in [0.15, 0.2) is 0 Å². The summed E-state index contributed by atoms with van der Waals surface area (Å²) in [6.07, 6.45) is 2.60. The number of nitrogens with one attached hydrogen (secondary N) is 2. The Morgan fingerprint density at radius 2 is 1.52 bits per heavy atom. The summed E-state index contributed by atoms with van der Waals surface area (Å²) in [6, 6.07) is -0.137. The Morgan fingerprint density at radius 3 is 1.95 bits per heavy atom. The molecule has 0 aliphatic heterocycles. The molecule has 0 spiro atoms. The van der Waals surface area contributed by atoms with Gasteiger partial charge in [-0.25, -0.2) is 4.79 Å². The van der Waals surface area contributed by atoms with E-state index in [0.717, 1.165) is 12.8 Å². The molecule has 0 aliphatic rings. The molecule has 0 aromatic rings. The van der Waals surface area contributed by atoms with Crippen LogP contribution in [-0.2, 0) is 4.79 Å². The van der Waals surface area contributed by atoms with Crippen molar-refractivity contribution in [3.05, 3.63) is 0 Å². The molecule has 1 unspecified atom stereocenters. The monoisotopic (exact) mass is 300 g/mol. The number of hydrogen-bond donors (Lipinski definition) is 3. The maximum atomic E-state index is 11.6. The first kappa shape index (κ1) is 19.7. The molecule has 5 nitrogen and oxygen atoms in total. The Morgan fingerprint density at radius 1 is 1.00 bits per heavy atom. The summed E-state index contributed by atoms with van der Waals surface area (Å²) in [7, 11) is 0. The molecule has 0 aromatic heterocycles. The minimum absolute atomic E-state index is 0.0469. The molecule has 1 atom stereocenters. The summed E-state index contributed by atoms with van der Waals surface area (Å²) >= 11 is 0. The molecule has 2 amide bonds. The molecule has 0 aromatic carbocycles. The largest absolute Gasteiger partial charge is 0.481 e. The highest BCUT2D eigenvalue weighted by Crippen LogP contribution is 2.32. The van der Waals surface area contributed by atoms with Gasteiger partial charge in [0.1, 0.15) is 0 Å². The Labute approximate surface area is 128 Å². The van der Waals surface area contributed by atoms with E-state index in [2.05, 4.69) is 45.3 Å². The molecule has 0 bridgehead atoms. The normalized spacial score (nSPS) is 13.0. The molecule has 21 heavy (non-hydrogen) atoms. The number of carbonyl (C=O) groups excluding carboxylic acids is 1. The van der Waals surface area contributed by atoms with E-state index in [-0.39, 0.29) is 23.8 Å². The Hall–Kier alpha value is -1.26. The zero-order valence-corrected chi connectivity index (χ0v) is 14.2. The molecule has 0 saturated carbocycles. The minimum Gasteiger partial charge on any atom is -0.481 e. The highest BCUT2D eigenvalue weighted by atomic mass is 16.4. The highest BCUT2D eigenvalue weighted by molar-refractivity contribution is 5.73. The Bertz CT molecular complexity index is 322. The van der Waals surface area contributed by atoms with Crippen molar-refractivity contribution in [3.8, 4) is 0 Å². The SMILES string of the molecule is CC(C)CCNC(=O)NCCC(CCC(=O)O)C(C)(C)C. The summed E-state index contributed by atoms with van der Waals surface area (Å²) in [5.41, 5.74) is 0.0469. The standard InChI is InChI=1S/C16H32N2O3/c1-12(2)8-10-17-15(21)18-11-9-13(16(3,4)5)6-7-14(19)20/h12-13H,6-11H2,1-5H3,(H,19,20)(H2,17,18,21). The Kier molecular flexibility index (Phi) is 9.06. The maximum absolute atomic E-state index is 11.6. The lowest BCUT2D eigenvalue weighted by molar-refractivity contribution is -0.137. The van der Waals surface area contributed by atoms with Gasteiger partial charge in [-0.2, -0.15) is 0 Å². The smallest absolute Gasteiger partial charge is 0.314 e. The topological polar surface area (TPSA) is 78.4 Å². The van der Waals surface area contributed by atoms with Gasteiger partial charge < -0.3 is 15.7 Å². The van der Waals surface area contributed by atoms with Crippen molar-refractivity contribution in [3.63, 3.8) is 0 Å². The number of rotatable bonds is 9. The van der Waals surface area contributed by atoms with Crippen LogP contribution in [-0.4, -0.2) is 30.2 Å². The van der Waals surface area contributed by atoms with Crippen LogP contribution in [0.2, 0.25) is 0 Å². The van der Waals surface area contributed by atoms with Crippen molar-refractivity contribution in [2.75, 3.05) is 13.1 Å². The van der Waals surface area contributed by atoms with Crippen LogP contribution in [0, 0.1) is 17.3 Å². The van der Waals surface area contributed by atoms with Crippen LogP contribution in [0.3, 0.4) is 0 Å². The number of amides is 2. The summed E-state index contributed by atoms with van der Waals surface area (Å²) < 4.78 is 0. The van der Waals surface area contributed by atoms with Crippen LogP contribution >= 0.6 is 0 Å². The first-order valence-electron chi connectivity index (χ1n) is 7.86. The van der Waals surface area contributed by atoms with E-state index in [0.29, 0.717) is 25.4 Å². The van der Waals surface area contributed by atoms with Crippen LogP contribution in [0.1, 0.15) is 60.3 Å². The van der Waals surface area contributed by atoms with Crippen molar-refractivity contribution in [1.29, 1.82) is 0 Å². The van der Waals surface area contributed by atoms with Gasteiger partial charge in [0.2, 0.25) is 0 Å². The van der Waals surface area contributed by atoms with Gasteiger partial charge >= 0.3 is 12.0 Å². The molecule has 5 heteroatoms. The first-order valence-corrected chi connectivity index (χ1v) is 7.86. The van der Waals surface area contributed by atoms with E-state index in [1.165, 1.54) is 0 Å². The third-order valence-electron chi connectivity index (χ3n) is 3.72. The van der Waals surface area contributed by atoms with Gasteiger partial charge in [0.25, 0.3) is 0 Å². The van der Waals surface area contributed by atoms with Crippen molar-refractivity contribution >= 4 is 12.0 Å². The zero-order chi connectivity index (χ0) is 16.5. The van der Waals surface area contributed by atoms with Gasteiger partial charge in [0.05, 0.1) is 0 Å². The van der Waals surface area contributed by atoms with Crippen LogP contribution in [0.25, 0.3) is 0 Å². The van der Waals surface area contributed by atoms with Gasteiger partial charge in [-0.05, 0) is 36.5 Å². The lowest BCUT2D eigenvalue weighted by atomic mass is 9.76. The average Bonchev–Trinajstić information content (AvgIpc) is 2.31. The molecule has 0 heterocycles. The van der Waals surface area contributed by atoms with Crippen LogP contribution in [0.4, 0.5) is 4.79 Å². The molecule has 0 radical (unpaired) electrons. The summed E-state index contributed by atoms with van der Waals surface area (Å²) in [5, 5.41) is 14.5. The summed E-state index contributed by atoms with van der Waals surface area (Å²) in [6.45, 7) is 11.8. The fraction of sp³-hybridized carbons (Fsp3) is 0.875. The van der Waals surface area contributed by atoms with E-state index >= 15 is 0 Å². The fourth-order valence-corrected chi connectivity index (χ4v) is 2.20. The quantitative estimate of drug-likeness (QED) is 0.611.